The molecular weight excluding hydrogens is 238 g/mol. The van der Waals surface area contributed by atoms with Crippen LogP contribution in [0.4, 0.5) is 0 Å². The normalized spacial score (nSPS) is 15.3. The lowest BCUT2D eigenvalue weighted by molar-refractivity contribution is -0.146. The number of esters is 1. The number of carbonyl (C=O) groups excluding carboxylic acids is 3. The Hall–Kier alpha value is -1.63. The number of methoxy groups -OCH3 is 1. The predicted octanol–water partition coefficient (Wildman–Crippen LogP) is -1.11. The van der Waals surface area contributed by atoms with Crippen LogP contribution in [0.3, 0.4) is 0 Å². The van der Waals surface area contributed by atoms with Gasteiger partial charge in [-0.25, -0.2) is 4.79 Å². The van der Waals surface area contributed by atoms with Crippen LogP contribution in [0.2, 0.25) is 0 Å². The molecule has 7 heteroatoms. The fraction of sp³-hybridized carbons (Fsp3) is 0.727. The summed E-state index contributed by atoms with van der Waals surface area (Å²) in [5.74, 6) is -1.90. The number of hydrogen-bond donors (Lipinski definition) is 3. The van der Waals surface area contributed by atoms with Gasteiger partial charge in [0.05, 0.1) is 19.6 Å². The van der Waals surface area contributed by atoms with Gasteiger partial charge in [-0.3, -0.25) is 9.59 Å². The van der Waals surface area contributed by atoms with Gasteiger partial charge in [0.25, 0.3) is 0 Å². The molecule has 0 heterocycles. The molecule has 18 heavy (non-hydrogen) atoms. The van der Waals surface area contributed by atoms with Gasteiger partial charge >= 0.3 is 5.97 Å². The summed E-state index contributed by atoms with van der Waals surface area (Å²) in [6.45, 7) is 3.69. The molecule has 0 saturated carbocycles. The van der Waals surface area contributed by atoms with Gasteiger partial charge in [-0.2, -0.15) is 0 Å². The molecular formula is C11H21N3O4. The zero-order valence-electron chi connectivity index (χ0n) is 10.9. The molecule has 0 aromatic heterocycles. The molecule has 5 N–H and O–H groups in total. The minimum atomic E-state index is -1.06. The number of carbonyl (C=O) groups is 3. The Morgan fingerprint density at radius 3 is 2.28 bits per heavy atom. The molecule has 0 spiro atoms. The SMILES string of the molecule is CCC(C)C(NC(=O)C(N)CC(N)=O)C(=O)OC. The van der Waals surface area contributed by atoms with E-state index in [1.54, 1.807) is 0 Å². The van der Waals surface area contributed by atoms with E-state index in [9.17, 15) is 14.4 Å². The van der Waals surface area contributed by atoms with Crippen molar-refractivity contribution in [3.05, 3.63) is 0 Å². The van der Waals surface area contributed by atoms with Crippen molar-refractivity contribution in [3.8, 4) is 0 Å². The zero-order valence-corrected chi connectivity index (χ0v) is 10.9. The maximum absolute atomic E-state index is 11.7. The van der Waals surface area contributed by atoms with E-state index >= 15 is 0 Å². The molecule has 2 amide bonds. The summed E-state index contributed by atoms with van der Waals surface area (Å²) in [4.78, 5) is 33.9. The van der Waals surface area contributed by atoms with Crippen molar-refractivity contribution in [2.75, 3.05) is 7.11 Å². The molecule has 0 aliphatic heterocycles. The van der Waals surface area contributed by atoms with Gasteiger partial charge in [0.2, 0.25) is 11.8 Å². The van der Waals surface area contributed by atoms with E-state index in [0.29, 0.717) is 6.42 Å². The van der Waals surface area contributed by atoms with Gasteiger partial charge < -0.3 is 21.5 Å². The molecule has 0 aromatic rings. The zero-order chi connectivity index (χ0) is 14.3. The number of hydrogen-bond acceptors (Lipinski definition) is 5. The minimum Gasteiger partial charge on any atom is -0.467 e. The van der Waals surface area contributed by atoms with Crippen LogP contribution in [0, 0.1) is 5.92 Å². The van der Waals surface area contributed by atoms with Crippen LogP contribution in [0.15, 0.2) is 0 Å². The molecule has 0 saturated heterocycles. The van der Waals surface area contributed by atoms with Crippen molar-refractivity contribution in [1.82, 2.24) is 5.32 Å². The van der Waals surface area contributed by atoms with Crippen molar-refractivity contribution in [1.29, 1.82) is 0 Å². The summed E-state index contributed by atoms with van der Waals surface area (Å²) < 4.78 is 4.61. The third-order valence-corrected chi connectivity index (χ3v) is 2.72. The monoisotopic (exact) mass is 259 g/mol. The summed E-state index contributed by atoms with van der Waals surface area (Å²) in [5.41, 5.74) is 10.4. The average Bonchev–Trinajstić information content (AvgIpc) is 2.32. The lowest BCUT2D eigenvalue weighted by Gasteiger charge is -2.23. The summed E-state index contributed by atoms with van der Waals surface area (Å²) in [6.07, 6.45) is 0.422. The van der Waals surface area contributed by atoms with Gasteiger partial charge in [0.1, 0.15) is 6.04 Å². The molecule has 0 bridgehead atoms. The average molecular weight is 259 g/mol. The van der Waals surface area contributed by atoms with E-state index in [1.807, 2.05) is 13.8 Å². The van der Waals surface area contributed by atoms with Crippen LogP contribution in [0.5, 0.6) is 0 Å². The van der Waals surface area contributed by atoms with E-state index in [0.717, 1.165) is 0 Å². The molecule has 0 aromatic carbocycles. The first kappa shape index (κ1) is 16.4. The number of nitrogens with one attached hydrogen (secondary N) is 1. The lowest BCUT2D eigenvalue weighted by Crippen LogP contribution is -2.52. The van der Waals surface area contributed by atoms with E-state index in [1.165, 1.54) is 7.11 Å². The van der Waals surface area contributed by atoms with Gasteiger partial charge in [-0.05, 0) is 5.92 Å². The Kier molecular flexibility index (Phi) is 6.96. The van der Waals surface area contributed by atoms with Crippen LogP contribution < -0.4 is 16.8 Å². The second kappa shape index (κ2) is 7.65. The summed E-state index contributed by atoms with van der Waals surface area (Å²) in [7, 11) is 1.24. The highest BCUT2D eigenvalue weighted by atomic mass is 16.5. The van der Waals surface area contributed by atoms with Crippen molar-refractivity contribution >= 4 is 17.8 Å². The van der Waals surface area contributed by atoms with Crippen LogP contribution in [0.25, 0.3) is 0 Å². The summed E-state index contributed by atoms with van der Waals surface area (Å²) >= 11 is 0. The molecule has 0 aliphatic carbocycles. The van der Waals surface area contributed by atoms with Gasteiger partial charge in [-0.1, -0.05) is 20.3 Å². The molecule has 0 aliphatic rings. The molecule has 0 radical (unpaired) electrons. The summed E-state index contributed by atoms with van der Waals surface area (Å²) in [6, 6.07) is -1.83. The highest BCUT2D eigenvalue weighted by Gasteiger charge is 2.28. The number of ether oxygens (including phenoxy) is 1. The Morgan fingerprint density at radius 1 is 1.33 bits per heavy atom. The van der Waals surface area contributed by atoms with Crippen molar-refractivity contribution in [3.63, 3.8) is 0 Å². The van der Waals surface area contributed by atoms with E-state index in [2.05, 4.69) is 10.1 Å². The second-order valence-corrected chi connectivity index (χ2v) is 4.17. The molecule has 3 atom stereocenters. The van der Waals surface area contributed by atoms with E-state index in [4.69, 9.17) is 11.5 Å². The van der Waals surface area contributed by atoms with Crippen LogP contribution in [0.1, 0.15) is 26.7 Å². The number of nitrogens with two attached hydrogens (primary N) is 2. The minimum absolute atomic E-state index is 0.0952. The van der Waals surface area contributed by atoms with E-state index in [-0.39, 0.29) is 12.3 Å². The smallest absolute Gasteiger partial charge is 0.328 e. The molecule has 3 unspecified atom stereocenters. The fourth-order valence-electron chi connectivity index (χ4n) is 1.37. The number of amides is 2. The quantitative estimate of drug-likeness (QED) is 0.500. The van der Waals surface area contributed by atoms with Gasteiger partial charge in [-0.15, -0.1) is 0 Å². The first-order valence-electron chi connectivity index (χ1n) is 5.75. The Bertz CT molecular complexity index is 319. The Morgan fingerprint density at radius 2 is 1.89 bits per heavy atom. The van der Waals surface area contributed by atoms with Crippen molar-refractivity contribution < 1.29 is 19.1 Å². The maximum atomic E-state index is 11.7. The summed E-state index contributed by atoms with van der Waals surface area (Å²) in [5, 5.41) is 2.48. The third kappa shape index (κ3) is 5.13. The fourth-order valence-corrected chi connectivity index (χ4v) is 1.37. The topological polar surface area (TPSA) is 125 Å². The second-order valence-electron chi connectivity index (χ2n) is 4.17. The first-order chi connectivity index (χ1) is 8.33. The van der Waals surface area contributed by atoms with Crippen LogP contribution in [-0.4, -0.2) is 37.0 Å². The van der Waals surface area contributed by atoms with Crippen molar-refractivity contribution in [2.24, 2.45) is 17.4 Å². The lowest BCUT2D eigenvalue weighted by atomic mass is 9.98. The van der Waals surface area contributed by atoms with E-state index < -0.39 is 29.9 Å². The Balaban J connectivity index is 4.62. The molecule has 0 fully saturated rings. The highest BCUT2D eigenvalue weighted by Crippen LogP contribution is 2.09. The number of primary amides is 1. The Labute approximate surface area is 106 Å². The van der Waals surface area contributed by atoms with Gasteiger partial charge in [0.15, 0.2) is 0 Å². The van der Waals surface area contributed by atoms with Crippen molar-refractivity contribution in [2.45, 2.75) is 38.8 Å². The molecule has 7 nitrogen and oxygen atoms in total. The van der Waals surface area contributed by atoms with Crippen LogP contribution in [-0.2, 0) is 19.1 Å². The maximum Gasteiger partial charge on any atom is 0.328 e. The standard InChI is InChI=1S/C11H21N3O4/c1-4-6(2)9(11(17)18-3)14-10(16)7(12)5-8(13)15/h6-7,9H,4-5,12H2,1-3H3,(H2,13,15)(H,14,16). The largest absolute Gasteiger partial charge is 0.467 e. The molecule has 0 rings (SSSR count). The third-order valence-electron chi connectivity index (χ3n) is 2.72. The molecule has 104 valence electrons. The van der Waals surface area contributed by atoms with Crippen LogP contribution >= 0.6 is 0 Å². The number of rotatable bonds is 7. The highest BCUT2D eigenvalue weighted by molar-refractivity contribution is 5.90. The first-order valence-corrected chi connectivity index (χ1v) is 5.75. The predicted molar refractivity (Wildman–Crippen MR) is 65.2 cm³/mol. The van der Waals surface area contributed by atoms with Gasteiger partial charge in [0, 0.05) is 0 Å².